The number of carbonyl (C=O) groups is 3. The van der Waals surface area contributed by atoms with Gasteiger partial charge in [-0.15, -0.1) is 0 Å². The monoisotopic (exact) mass is 398 g/mol. The Morgan fingerprint density at radius 1 is 0.931 bits per heavy atom. The summed E-state index contributed by atoms with van der Waals surface area (Å²) in [6.07, 6.45) is 1.47. The molecule has 1 aliphatic carbocycles. The normalized spacial score (nSPS) is 25.4. The number of ketones is 1. The summed E-state index contributed by atoms with van der Waals surface area (Å²) in [4.78, 5) is 39.5. The zero-order valence-electron chi connectivity index (χ0n) is 16.5. The number of hydrogen-bond donors (Lipinski definition) is 0. The van der Waals surface area contributed by atoms with Crippen LogP contribution in [0.25, 0.3) is 0 Å². The van der Waals surface area contributed by atoms with E-state index < -0.39 is 35.0 Å². The summed E-state index contributed by atoms with van der Waals surface area (Å²) in [5.41, 5.74) is -1.06. The van der Waals surface area contributed by atoms with E-state index in [-0.39, 0.29) is 18.6 Å². The number of methoxy groups -OCH3 is 1. The van der Waals surface area contributed by atoms with Crippen molar-refractivity contribution in [3.8, 4) is 5.75 Å². The van der Waals surface area contributed by atoms with E-state index in [2.05, 4.69) is 0 Å². The first-order valence-corrected chi connectivity index (χ1v) is 9.44. The van der Waals surface area contributed by atoms with Crippen LogP contribution in [0, 0.1) is 5.41 Å². The third-order valence-corrected chi connectivity index (χ3v) is 5.72. The summed E-state index contributed by atoms with van der Waals surface area (Å²) in [6, 6.07) is 10.3. The zero-order chi connectivity index (χ0) is 20.8. The summed E-state index contributed by atoms with van der Waals surface area (Å²) in [5.74, 6) is -3.40. The van der Waals surface area contributed by atoms with E-state index in [4.69, 9.17) is 18.6 Å². The Balaban J connectivity index is 1.90. The highest BCUT2D eigenvalue weighted by Gasteiger charge is 2.68. The molecule has 1 spiro atoms. The van der Waals surface area contributed by atoms with Crippen molar-refractivity contribution in [2.24, 2.45) is 5.41 Å². The lowest BCUT2D eigenvalue weighted by Crippen LogP contribution is -2.61. The third-order valence-electron chi connectivity index (χ3n) is 5.72. The second-order valence-electron chi connectivity index (χ2n) is 7.89. The van der Waals surface area contributed by atoms with Gasteiger partial charge >= 0.3 is 11.9 Å². The molecule has 1 aliphatic heterocycles. The molecule has 7 heteroatoms. The van der Waals surface area contributed by atoms with Crippen molar-refractivity contribution < 1.29 is 33.0 Å². The molecular weight excluding hydrogens is 376 g/mol. The van der Waals surface area contributed by atoms with E-state index >= 15 is 0 Å². The molecule has 1 saturated heterocycles. The van der Waals surface area contributed by atoms with E-state index in [0.717, 1.165) is 0 Å². The van der Waals surface area contributed by atoms with Crippen LogP contribution in [0.4, 0.5) is 0 Å². The van der Waals surface area contributed by atoms with Crippen LogP contribution in [0.1, 0.15) is 49.8 Å². The highest BCUT2D eigenvalue weighted by molar-refractivity contribution is 6.06. The van der Waals surface area contributed by atoms with Crippen LogP contribution < -0.4 is 4.74 Å². The Labute approximate surface area is 167 Å². The Morgan fingerprint density at radius 2 is 1.55 bits per heavy atom. The Morgan fingerprint density at radius 3 is 2.10 bits per heavy atom. The van der Waals surface area contributed by atoms with E-state index in [9.17, 15) is 14.4 Å². The van der Waals surface area contributed by atoms with Crippen LogP contribution in [0.15, 0.2) is 47.1 Å². The molecule has 2 aromatic rings. The predicted octanol–water partition coefficient (Wildman–Crippen LogP) is 3.34. The molecule has 0 radical (unpaired) electrons. The molecule has 2 aliphatic rings. The topological polar surface area (TPSA) is 92.0 Å². The second kappa shape index (κ2) is 6.76. The van der Waals surface area contributed by atoms with E-state index in [0.29, 0.717) is 17.1 Å². The fourth-order valence-corrected chi connectivity index (χ4v) is 4.42. The van der Waals surface area contributed by atoms with Gasteiger partial charge in [-0.1, -0.05) is 12.1 Å². The van der Waals surface area contributed by atoms with Gasteiger partial charge in [-0.3, -0.25) is 14.4 Å². The van der Waals surface area contributed by atoms with Gasteiger partial charge in [-0.25, -0.2) is 0 Å². The van der Waals surface area contributed by atoms with E-state index in [1.54, 1.807) is 43.5 Å². The van der Waals surface area contributed by atoms with Gasteiger partial charge in [-0.05, 0) is 29.8 Å². The molecule has 29 heavy (non-hydrogen) atoms. The number of hydrogen-bond acceptors (Lipinski definition) is 7. The quantitative estimate of drug-likeness (QED) is 0.578. The summed E-state index contributed by atoms with van der Waals surface area (Å²) in [5, 5.41) is 0. The molecule has 152 valence electrons. The van der Waals surface area contributed by atoms with Gasteiger partial charge in [0.2, 0.25) is 0 Å². The van der Waals surface area contributed by atoms with Crippen LogP contribution in [0.2, 0.25) is 0 Å². The number of ether oxygens (including phenoxy) is 3. The van der Waals surface area contributed by atoms with Crippen LogP contribution in [-0.4, -0.2) is 30.6 Å². The summed E-state index contributed by atoms with van der Waals surface area (Å²) >= 11 is 0. The minimum absolute atomic E-state index is 0.00913. The van der Waals surface area contributed by atoms with Crippen molar-refractivity contribution in [1.82, 2.24) is 0 Å². The first kappa shape index (κ1) is 19.2. The number of rotatable bonds is 3. The van der Waals surface area contributed by atoms with Crippen LogP contribution in [0.5, 0.6) is 5.75 Å². The van der Waals surface area contributed by atoms with Gasteiger partial charge in [0, 0.05) is 32.6 Å². The van der Waals surface area contributed by atoms with Gasteiger partial charge in [0.05, 0.1) is 19.3 Å². The number of carbonyl (C=O) groups excluding carboxylic acids is 3. The summed E-state index contributed by atoms with van der Waals surface area (Å²) in [6.45, 7) is 3.02. The smallest absolute Gasteiger partial charge is 0.328 e. The van der Waals surface area contributed by atoms with Crippen LogP contribution in [-0.2, 0) is 23.9 Å². The zero-order valence-corrected chi connectivity index (χ0v) is 16.5. The molecule has 1 saturated carbocycles. The fraction of sp³-hybridized carbons (Fsp3) is 0.409. The molecule has 2 atom stereocenters. The van der Waals surface area contributed by atoms with Crippen molar-refractivity contribution >= 4 is 17.7 Å². The number of cyclic esters (lactones) is 2. The lowest BCUT2D eigenvalue weighted by atomic mass is 9.56. The molecule has 0 N–H and O–H groups in total. The minimum atomic E-state index is -1.71. The number of Topliss-reactive ketones (excluding diaryl/α,β-unsaturated/α-hetero) is 1. The van der Waals surface area contributed by atoms with Gasteiger partial charge in [0.15, 0.2) is 5.41 Å². The molecule has 2 fully saturated rings. The van der Waals surface area contributed by atoms with Crippen molar-refractivity contribution in [1.29, 1.82) is 0 Å². The number of furan rings is 1. The molecule has 4 rings (SSSR count). The molecule has 1 aromatic heterocycles. The third kappa shape index (κ3) is 3.01. The van der Waals surface area contributed by atoms with Gasteiger partial charge in [0.1, 0.15) is 17.3 Å². The average Bonchev–Trinajstić information content (AvgIpc) is 3.20. The van der Waals surface area contributed by atoms with Crippen LogP contribution in [0.3, 0.4) is 0 Å². The van der Waals surface area contributed by atoms with Crippen molar-refractivity contribution in [3.63, 3.8) is 0 Å². The lowest BCUT2D eigenvalue weighted by Gasteiger charge is -2.49. The molecule has 7 nitrogen and oxygen atoms in total. The van der Waals surface area contributed by atoms with Gasteiger partial charge < -0.3 is 18.6 Å². The van der Waals surface area contributed by atoms with Crippen molar-refractivity contribution in [3.05, 3.63) is 54.0 Å². The molecule has 0 bridgehead atoms. The molecule has 1 aromatic carbocycles. The number of benzene rings is 1. The average molecular weight is 398 g/mol. The maximum Gasteiger partial charge on any atom is 0.328 e. The minimum Gasteiger partial charge on any atom is -0.497 e. The SMILES string of the molecule is COc1ccc([C@@H]2CC(=O)C[C@H](c3ccco3)C23C(=O)OC(C)(C)OC3=O)cc1. The highest BCUT2D eigenvalue weighted by Crippen LogP contribution is 2.57. The summed E-state index contributed by atoms with van der Waals surface area (Å²) < 4.78 is 21.8. The maximum absolute atomic E-state index is 13.4. The molecule has 2 heterocycles. The second-order valence-corrected chi connectivity index (χ2v) is 7.89. The fourth-order valence-electron chi connectivity index (χ4n) is 4.42. The van der Waals surface area contributed by atoms with Crippen molar-refractivity contribution in [2.45, 2.75) is 44.3 Å². The first-order valence-electron chi connectivity index (χ1n) is 9.44. The Kier molecular flexibility index (Phi) is 4.48. The number of esters is 2. The Hall–Kier alpha value is -3.09. The van der Waals surface area contributed by atoms with E-state index in [1.165, 1.54) is 20.1 Å². The van der Waals surface area contributed by atoms with Crippen molar-refractivity contribution in [2.75, 3.05) is 7.11 Å². The summed E-state index contributed by atoms with van der Waals surface area (Å²) in [7, 11) is 1.55. The molecule has 0 amide bonds. The maximum atomic E-state index is 13.4. The predicted molar refractivity (Wildman–Crippen MR) is 100 cm³/mol. The van der Waals surface area contributed by atoms with Crippen LogP contribution >= 0.6 is 0 Å². The lowest BCUT2D eigenvalue weighted by molar-refractivity contribution is -0.256. The standard InChI is InChI=1S/C22H22O7/c1-21(2)28-19(24)22(20(25)29-21)16(13-6-8-15(26-3)9-7-13)11-14(23)12-17(22)18-5-4-10-27-18/h4-10,16-17H,11-12H2,1-3H3/t16-,17+/m0/s1. The highest BCUT2D eigenvalue weighted by atomic mass is 16.7. The molecule has 0 unspecified atom stereocenters. The largest absolute Gasteiger partial charge is 0.497 e. The van der Waals surface area contributed by atoms with Gasteiger partial charge in [-0.2, -0.15) is 0 Å². The first-order chi connectivity index (χ1) is 13.8. The molecular formula is C22H22O7. The van der Waals surface area contributed by atoms with E-state index in [1.807, 2.05) is 0 Å². The Bertz CT molecular complexity index is 920. The van der Waals surface area contributed by atoms with Gasteiger partial charge in [0.25, 0.3) is 5.79 Å².